The molecule has 0 amide bonds. The van der Waals surface area contributed by atoms with Gasteiger partial charge in [0.25, 0.3) is 0 Å². The average Bonchev–Trinajstić information content (AvgIpc) is 3.67. The first-order valence-electron chi connectivity index (χ1n) is 21.0. The topological polar surface area (TPSA) is 34.0 Å². The lowest BCUT2D eigenvalue weighted by Crippen LogP contribution is -2.30. The Morgan fingerprint density at radius 3 is 1.98 bits per heavy atom. The minimum Gasteiger partial charge on any atom is -0.310 e. The van der Waals surface area contributed by atoms with Gasteiger partial charge in [-0.1, -0.05) is 178 Å². The molecule has 0 unspecified atom stereocenters. The van der Waals surface area contributed by atoms with Gasteiger partial charge in [0.15, 0.2) is 0 Å². The molecule has 0 N–H and O–H groups in total. The van der Waals surface area contributed by atoms with E-state index in [0.717, 1.165) is 61.0 Å². The Bertz CT molecular complexity index is 3510. The molecule has 0 bridgehead atoms. The zero-order valence-corrected chi connectivity index (χ0v) is 33.9. The fraction of sp³-hybridized carbons (Fsp3) is 0.0526. The summed E-state index contributed by atoms with van der Waals surface area (Å²) >= 11 is 0. The summed E-state index contributed by atoms with van der Waals surface area (Å²) in [5.74, 6) is 0.639. The molecule has 12 rings (SSSR count). The number of rotatable bonds is 5. The zero-order valence-electron chi connectivity index (χ0n) is 33.9. The molecule has 4 heteroatoms. The van der Waals surface area contributed by atoms with E-state index in [1.54, 1.807) is 0 Å². The molecule has 0 saturated heterocycles. The summed E-state index contributed by atoms with van der Waals surface area (Å²) in [4.78, 5) is 13.4. The van der Waals surface area contributed by atoms with Crippen LogP contribution in [0.2, 0.25) is 0 Å². The first kappa shape index (κ1) is 35.2. The van der Waals surface area contributed by atoms with Crippen LogP contribution >= 0.6 is 0 Å². The molecule has 1 aliphatic heterocycles. The molecule has 3 heterocycles. The standard InChI is InChI=1S/C57H40N4/c1-57(2)47-28-12-14-30-50(47)60(42-22-7-4-8-23-42)52-36-40(31-33-48(52)57)44-26-16-27-46-53-43-24-10-9-19-38(43)32-34-51(53)61(55(44)46)56-58-49-29-13-11-25-45(49)54(59-56)41-21-15-20-39(35-41)37-17-5-3-6-18-37/h3-36H,1-2H3. The van der Waals surface area contributed by atoms with Crippen LogP contribution in [0.1, 0.15) is 25.0 Å². The van der Waals surface area contributed by atoms with Crippen LogP contribution in [-0.4, -0.2) is 14.5 Å². The minimum atomic E-state index is -0.206. The number of hydrogen-bond acceptors (Lipinski definition) is 3. The van der Waals surface area contributed by atoms with Crippen molar-refractivity contribution in [1.82, 2.24) is 14.5 Å². The van der Waals surface area contributed by atoms with Gasteiger partial charge in [-0.25, -0.2) is 9.97 Å². The van der Waals surface area contributed by atoms with E-state index in [4.69, 9.17) is 9.97 Å². The van der Waals surface area contributed by atoms with Crippen molar-refractivity contribution in [2.24, 2.45) is 0 Å². The van der Waals surface area contributed by atoms with Crippen molar-refractivity contribution in [2.75, 3.05) is 4.90 Å². The van der Waals surface area contributed by atoms with Crippen LogP contribution in [0.25, 0.3) is 82.9 Å². The number of nitrogens with zero attached hydrogens (tertiary/aromatic N) is 4. The highest BCUT2D eigenvalue weighted by atomic mass is 15.2. The number of fused-ring (bicyclic) bond motifs is 8. The first-order valence-corrected chi connectivity index (χ1v) is 21.0. The van der Waals surface area contributed by atoms with Crippen molar-refractivity contribution in [1.29, 1.82) is 0 Å². The summed E-state index contributed by atoms with van der Waals surface area (Å²) in [6.45, 7) is 4.70. The molecule has 0 spiro atoms. The molecule has 61 heavy (non-hydrogen) atoms. The summed E-state index contributed by atoms with van der Waals surface area (Å²) in [6.07, 6.45) is 0. The van der Waals surface area contributed by atoms with Crippen LogP contribution in [0, 0.1) is 0 Å². The van der Waals surface area contributed by atoms with Crippen molar-refractivity contribution < 1.29 is 0 Å². The molecule has 2 aromatic heterocycles. The monoisotopic (exact) mass is 780 g/mol. The maximum absolute atomic E-state index is 5.57. The molecular formula is C57H40N4. The second-order valence-electron chi connectivity index (χ2n) is 16.6. The van der Waals surface area contributed by atoms with Crippen molar-refractivity contribution in [3.8, 4) is 39.5 Å². The maximum atomic E-state index is 5.57. The lowest BCUT2D eigenvalue weighted by atomic mass is 9.73. The van der Waals surface area contributed by atoms with Crippen molar-refractivity contribution in [2.45, 2.75) is 19.3 Å². The first-order chi connectivity index (χ1) is 30.0. The van der Waals surface area contributed by atoms with Gasteiger partial charge in [-0.15, -0.1) is 0 Å². The van der Waals surface area contributed by atoms with Crippen LogP contribution in [0.5, 0.6) is 0 Å². The summed E-state index contributed by atoms with van der Waals surface area (Å²) in [5.41, 5.74) is 15.5. The molecule has 1 aliphatic rings. The molecule has 4 nitrogen and oxygen atoms in total. The fourth-order valence-corrected chi connectivity index (χ4v) is 9.88. The Hall–Kier alpha value is -7.82. The predicted molar refractivity (Wildman–Crippen MR) is 255 cm³/mol. The molecule has 0 saturated carbocycles. The van der Waals surface area contributed by atoms with Crippen molar-refractivity contribution in [3.63, 3.8) is 0 Å². The van der Waals surface area contributed by atoms with Gasteiger partial charge in [-0.3, -0.25) is 4.57 Å². The Morgan fingerprint density at radius 2 is 1.11 bits per heavy atom. The van der Waals surface area contributed by atoms with Crippen molar-refractivity contribution in [3.05, 3.63) is 217 Å². The van der Waals surface area contributed by atoms with E-state index in [1.807, 2.05) is 0 Å². The number of aromatic nitrogens is 3. The molecule has 288 valence electrons. The number of benzene rings is 9. The Kier molecular flexibility index (Phi) is 7.85. The van der Waals surface area contributed by atoms with Crippen LogP contribution < -0.4 is 4.90 Å². The summed E-state index contributed by atoms with van der Waals surface area (Å²) in [5, 5.41) is 5.78. The largest absolute Gasteiger partial charge is 0.310 e. The number of anilines is 3. The predicted octanol–water partition coefficient (Wildman–Crippen LogP) is 15.0. The van der Waals surface area contributed by atoms with E-state index in [1.165, 1.54) is 44.2 Å². The van der Waals surface area contributed by atoms with Gasteiger partial charge >= 0.3 is 0 Å². The summed E-state index contributed by atoms with van der Waals surface area (Å²) < 4.78 is 2.32. The van der Waals surface area contributed by atoms with E-state index < -0.39 is 0 Å². The van der Waals surface area contributed by atoms with E-state index >= 15 is 0 Å². The third kappa shape index (κ3) is 5.46. The molecule has 11 aromatic rings. The second-order valence-corrected chi connectivity index (χ2v) is 16.6. The minimum absolute atomic E-state index is 0.206. The zero-order chi connectivity index (χ0) is 40.7. The van der Waals surface area contributed by atoms with Gasteiger partial charge in [0.2, 0.25) is 5.95 Å². The van der Waals surface area contributed by atoms with Gasteiger partial charge in [0.1, 0.15) is 0 Å². The highest BCUT2D eigenvalue weighted by molar-refractivity contribution is 6.23. The molecule has 0 aliphatic carbocycles. The van der Waals surface area contributed by atoms with E-state index in [9.17, 15) is 0 Å². The normalized spacial score (nSPS) is 13.2. The Morgan fingerprint density at radius 1 is 0.443 bits per heavy atom. The number of para-hydroxylation sites is 4. The van der Waals surface area contributed by atoms with Gasteiger partial charge in [-0.05, 0) is 81.1 Å². The quantitative estimate of drug-likeness (QED) is 0.174. The number of hydrogen-bond donors (Lipinski definition) is 0. The molecule has 9 aromatic carbocycles. The fourth-order valence-electron chi connectivity index (χ4n) is 9.88. The Balaban J connectivity index is 1.15. The lowest BCUT2D eigenvalue weighted by molar-refractivity contribution is 0.632. The molecule has 0 radical (unpaired) electrons. The molecular weight excluding hydrogens is 741 g/mol. The summed E-state index contributed by atoms with van der Waals surface area (Å²) in [6, 6.07) is 74.3. The van der Waals surface area contributed by atoms with Gasteiger partial charge < -0.3 is 4.90 Å². The summed E-state index contributed by atoms with van der Waals surface area (Å²) in [7, 11) is 0. The van der Waals surface area contributed by atoms with Gasteiger partial charge in [0, 0.05) is 38.4 Å². The van der Waals surface area contributed by atoms with E-state index in [2.05, 4.69) is 230 Å². The lowest BCUT2D eigenvalue weighted by Gasteiger charge is -2.42. The van der Waals surface area contributed by atoms with Gasteiger partial charge in [0.05, 0.1) is 33.6 Å². The van der Waals surface area contributed by atoms with Crippen molar-refractivity contribution >= 4 is 60.5 Å². The van der Waals surface area contributed by atoms with Crippen LogP contribution in [-0.2, 0) is 5.41 Å². The molecule has 0 atom stereocenters. The van der Waals surface area contributed by atoms with Crippen LogP contribution in [0.4, 0.5) is 17.1 Å². The SMILES string of the molecule is CC1(C)c2ccccc2N(c2ccccc2)c2cc(-c3cccc4c5c6ccccc6ccc5n(-c5nc(-c6cccc(-c7ccccc7)c6)c6ccccc6n5)c34)ccc21. The highest BCUT2D eigenvalue weighted by Gasteiger charge is 2.37. The maximum Gasteiger partial charge on any atom is 0.235 e. The Labute approximate surface area is 354 Å². The third-order valence-corrected chi connectivity index (χ3v) is 12.8. The smallest absolute Gasteiger partial charge is 0.235 e. The highest BCUT2D eigenvalue weighted by Crippen LogP contribution is 2.53. The average molecular weight is 781 g/mol. The van der Waals surface area contributed by atoms with E-state index in [-0.39, 0.29) is 5.41 Å². The molecule has 0 fully saturated rings. The van der Waals surface area contributed by atoms with Gasteiger partial charge in [-0.2, -0.15) is 0 Å². The van der Waals surface area contributed by atoms with E-state index in [0.29, 0.717) is 5.95 Å². The van der Waals surface area contributed by atoms with Crippen LogP contribution in [0.15, 0.2) is 206 Å². The van der Waals surface area contributed by atoms with Crippen LogP contribution in [0.3, 0.4) is 0 Å². The third-order valence-electron chi connectivity index (χ3n) is 12.8. The second kappa shape index (κ2) is 13.6.